The molecule has 1 aliphatic heterocycles. The lowest BCUT2D eigenvalue weighted by molar-refractivity contribution is 0.220. The largest absolute Gasteiger partial charge is 0.302 e. The molecule has 0 unspecified atom stereocenters. The van der Waals surface area contributed by atoms with E-state index < -0.39 is 9.84 Å². The summed E-state index contributed by atoms with van der Waals surface area (Å²) in [6.45, 7) is 2.50. The van der Waals surface area contributed by atoms with Gasteiger partial charge in [0, 0.05) is 31.4 Å². The van der Waals surface area contributed by atoms with Gasteiger partial charge in [-0.2, -0.15) is 5.10 Å². The van der Waals surface area contributed by atoms with Gasteiger partial charge in [-0.3, -0.25) is 4.68 Å². The van der Waals surface area contributed by atoms with Crippen LogP contribution < -0.4 is 0 Å². The van der Waals surface area contributed by atoms with Gasteiger partial charge in [0.15, 0.2) is 9.84 Å². The second-order valence-corrected chi connectivity index (χ2v) is 8.24. The molecule has 0 saturated carbocycles. The van der Waals surface area contributed by atoms with Gasteiger partial charge < -0.3 is 4.90 Å². The minimum atomic E-state index is -3.18. The molecule has 0 amide bonds. The van der Waals surface area contributed by atoms with Crippen molar-refractivity contribution in [3.05, 3.63) is 48.3 Å². The smallest absolute Gasteiger partial charge is 0.179 e. The molecule has 1 saturated heterocycles. The average Bonchev–Trinajstić information content (AvgIpc) is 3.00. The van der Waals surface area contributed by atoms with E-state index in [9.17, 15) is 8.42 Å². The van der Waals surface area contributed by atoms with Crippen LogP contribution in [0.3, 0.4) is 0 Å². The molecule has 1 aromatic carbocycles. The van der Waals surface area contributed by atoms with Gasteiger partial charge in [-0.25, -0.2) is 8.42 Å². The quantitative estimate of drug-likeness (QED) is 0.840. The molecular weight excluding hydrogens is 310 g/mol. The Balaban J connectivity index is 1.53. The summed E-state index contributed by atoms with van der Waals surface area (Å²) in [5.41, 5.74) is 1.28. The number of rotatable bonds is 5. The first-order valence-electron chi connectivity index (χ1n) is 8.04. The fraction of sp³-hybridized carbons (Fsp3) is 0.471. The number of aryl methyl sites for hydroxylation is 1. The van der Waals surface area contributed by atoms with Crippen LogP contribution in [0, 0.1) is 0 Å². The number of likely N-dealkylation sites (tertiary alicyclic amines) is 1. The molecule has 0 spiro atoms. The van der Waals surface area contributed by atoms with Gasteiger partial charge in [0.05, 0.1) is 10.6 Å². The van der Waals surface area contributed by atoms with Gasteiger partial charge >= 0.3 is 0 Å². The van der Waals surface area contributed by atoms with Crippen molar-refractivity contribution in [2.45, 2.75) is 23.7 Å². The maximum Gasteiger partial charge on any atom is 0.179 e. The van der Waals surface area contributed by atoms with Gasteiger partial charge in [0.1, 0.15) is 0 Å². The van der Waals surface area contributed by atoms with E-state index in [-0.39, 0.29) is 5.75 Å². The van der Waals surface area contributed by atoms with E-state index in [1.54, 1.807) is 24.3 Å². The number of aromatic nitrogens is 2. The Labute approximate surface area is 137 Å². The lowest BCUT2D eigenvalue weighted by Crippen LogP contribution is -2.36. The van der Waals surface area contributed by atoms with E-state index in [1.165, 1.54) is 5.69 Å². The monoisotopic (exact) mass is 333 g/mol. The third-order valence-corrected chi connectivity index (χ3v) is 6.35. The SMILES string of the molecule is Cn1nccc1C1CCN(CCS(=O)(=O)c2ccccc2)CC1. The molecule has 1 fully saturated rings. The number of hydrogen-bond donors (Lipinski definition) is 0. The zero-order valence-corrected chi connectivity index (χ0v) is 14.2. The Morgan fingerprint density at radius 2 is 1.83 bits per heavy atom. The van der Waals surface area contributed by atoms with Crippen LogP contribution in [-0.4, -0.2) is 48.5 Å². The topological polar surface area (TPSA) is 55.2 Å². The van der Waals surface area contributed by atoms with Crippen molar-refractivity contribution in [3.8, 4) is 0 Å². The summed E-state index contributed by atoms with van der Waals surface area (Å²) in [5.74, 6) is 0.720. The second kappa shape index (κ2) is 6.84. The van der Waals surface area contributed by atoms with Crippen LogP contribution in [0.25, 0.3) is 0 Å². The van der Waals surface area contributed by atoms with Gasteiger partial charge in [0.25, 0.3) is 0 Å². The summed E-state index contributed by atoms with van der Waals surface area (Å²) in [4.78, 5) is 2.68. The number of benzene rings is 1. The fourth-order valence-electron chi connectivity index (χ4n) is 3.23. The first kappa shape index (κ1) is 16.2. The Morgan fingerprint density at radius 1 is 1.13 bits per heavy atom. The molecule has 1 aromatic heterocycles. The minimum absolute atomic E-state index is 0.188. The van der Waals surface area contributed by atoms with Crippen molar-refractivity contribution >= 4 is 9.84 Å². The third kappa shape index (κ3) is 3.82. The molecule has 3 rings (SSSR count). The molecule has 5 nitrogen and oxygen atoms in total. The zero-order chi connectivity index (χ0) is 16.3. The Morgan fingerprint density at radius 3 is 2.43 bits per heavy atom. The van der Waals surface area contributed by atoms with Crippen molar-refractivity contribution in [1.82, 2.24) is 14.7 Å². The third-order valence-electron chi connectivity index (χ3n) is 4.64. The van der Waals surface area contributed by atoms with Crippen molar-refractivity contribution in [2.24, 2.45) is 7.05 Å². The summed E-state index contributed by atoms with van der Waals surface area (Å²) >= 11 is 0. The molecule has 6 heteroatoms. The molecule has 0 aliphatic carbocycles. The number of nitrogens with zero attached hydrogens (tertiary/aromatic N) is 3. The summed E-state index contributed by atoms with van der Waals surface area (Å²) in [5, 5.41) is 4.24. The maximum absolute atomic E-state index is 12.3. The first-order valence-corrected chi connectivity index (χ1v) is 9.69. The number of sulfone groups is 1. The maximum atomic E-state index is 12.3. The van der Waals surface area contributed by atoms with Crippen LogP contribution >= 0.6 is 0 Å². The number of piperidine rings is 1. The van der Waals surface area contributed by atoms with E-state index in [0.29, 0.717) is 17.4 Å². The Kier molecular flexibility index (Phi) is 4.82. The van der Waals surface area contributed by atoms with Crippen molar-refractivity contribution in [2.75, 3.05) is 25.4 Å². The normalized spacial score (nSPS) is 17.4. The number of hydrogen-bond acceptors (Lipinski definition) is 4. The highest BCUT2D eigenvalue weighted by Crippen LogP contribution is 2.27. The standard InChI is InChI=1S/C17H23N3O2S/c1-19-17(7-10-18-19)15-8-11-20(12-9-15)13-14-23(21,22)16-5-3-2-4-6-16/h2-7,10,15H,8-9,11-14H2,1H3. The van der Waals surface area contributed by atoms with Gasteiger partial charge in [-0.1, -0.05) is 18.2 Å². The first-order chi connectivity index (χ1) is 11.1. The highest BCUT2D eigenvalue weighted by Gasteiger charge is 2.24. The molecule has 124 valence electrons. The molecular formula is C17H23N3O2S. The van der Waals surface area contributed by atoms with Crippen molar-refractivity contribution in [1.29, 1.82) is 0 Å². The second-order valence-electron chi connectivity index (χ2n) is 6.13. The summed E-state index contributed by atoms with van der Waals surface area (Å²) in [6, 6.07) is 10.8. The molecule has 0 N–H and O–H groups in total. The Bertz CT molecular complexity index is 732. The summed E-state index contributed by atoms with van der Waals surface area (Å²) in [7, 11) is -1.20. The highest BCUT2D eigenvalue weighted by molar-refractivity contribution is 7.91. The molecule has 0 atom stereocenters. The van der Waals surface area contributed by atoms with Gasteiger partial charge in [0.2, 0.25) is 0 Å². The van der Waals surface area contributed by atoms with Crippen LogP contribution in [0.1, 0.15) is 24.5 Å². The van der Waals surface area contributed by atoms with E-state index in [4.69, 9.17) is 0 Å². The summed E-state index contributed by atoms with van der Waals surface area (Å²) in [6.07, 6.45) is 3.96. The summed E-state index contributed by atoms with van der Waals surface area (Å²) < 4.78 is 26.6. The predicted octanol–water partition coefficient (Wildman–Crippen LogP) is 2.07. The van der Waals surface area contributed by atoms with Crippen molar-refractivity contribution in [3.63, 3.8) is 0 Å². The zero-order valence-electron chi connectivity index (χ0n) is 13.4. The molecule has 1 aliphatic rings. The average molecular weight is 333 g/mol. The fourth-order valence-corrected chi connectivity index (χ4v) is 4.54. The van der Waals surface area contributed by atoms with E-state index in [2.05, 4.69) is 16.1 Å². The van der Waals surface area contributed by atoms with Crippen molar-refractivity contribution < 1.29 is 8.42 Å². The lowest BCUT2D eigenvalue weighted by Gasteiger charge is -2.31. The van der Waals surface area contributed by atoms with E-state index >= 15 is 0 Å². The van der Waals surface area contributed by atoms with Crippen LogP contribution in [0.2, 0.25) is 0 Å². The van der Waals surface area contributed by atoms with E-state index in [1.807, 2.05) is 24.0 Å². The molecule has 2 aromatic rings. The van der Waals surface area contributed by atoms with Gasteiger partial charge in [-0.05, 0) is 44.1 Å². The molecule has 0 bridgehead atoms. The Hall–Kier alpha value is -1.66. The molecule has 0 radical (unpaired) electrons. The predicted molar refractivity (Wildman–Crippen MR) is 90.1 cm³/mol. The molecule has 23 heavy (non-hydrogen) atoms. The molecule has 2 heterocycles. The van der Waals surface area contributed by atoms with Crippen LogP contribution in [0.4, 0.5) is 0 Å². The van der Waals surface area contributed by atoms with Crippen LogP contribution in [0.15, 0.2) is 47.5 Å². The van der Waals surface area contributed by atoms with Gasteiger partial charge in [-0.15, -0.1) is 0 Å². The van der Waals surface area contributed by atoms with E-state index in [0.717, 1.165) is 25.9 Å². The van der Waals surface area contributed by atoms with Crippen LogP contribution in [-0.2, 0) is 16.9 Å². The minimum Gasteiger partial charge on any atom is -0.302 e. The lowest BCUT2D eigenvalue weighted by atomic mass is 9.93. The van der Waals surface area contributed by atoms with Crippen LogP contribution in [0.5, 0.6) is 0 Å². The highest BCUT2D eigenvalue weighted by atomic mass is 32.2.